The Morgan fingerprint density at radius 1 is 1.44 bits per heavy atom. The van der Waals surface area contributed by atoms with Crippen LogP contribution in [0.5, 0.6) is 0 Å². The maximum absolute atomic E-state index is 12.1. The van der Waals surface area contributed by atoms with Crippen molar-refractivity contribution in [1.29, 1.82) is 0 Å². The number of nitrogens with zero attached hydrogens (tertiary/aromatic N) is 2. The summed E-state index contributed by atoms with van der Waals surface area (Å²) in [7, 11) is 1.60. The topological polar surface area (TPSA) is 83.6 Å². The molecule has 0 unspecified atom stereocenters. The Hall–Kier alpha value is -1.85. The molecule has 0 aliphatic rings. The maximum Gasteiger partial charge on any atom is 0.305 e. The molecular weight excluding hydrogens is 236 g/mol. The SMILES string of the molecule is Cc1noc(C)c1[C@@H](C)C(=O)N(C)CCC(=O)O. The number of carboxylic acid groups (broad SMARTS) is 1. The minimum absolute atomic E-state index is 0.0590. The first kappa shape index (κ1) is 14.2. The normalized spacial score (nSPS) is 12.2. The van der Waals surface area contributed by atoms with E-state index in [1.807, 2.05) is 0 Å². The number of hydrogen-bond donors (Lipinski definition) is 1. The summed E-state index contributed by atoms with van der Waals surface area (Å²) >= 11 is 0. The average Bonchev–Trinajstić information content (AvgIpc) is 2.64. The van der Waals surface area contributed by atoms with Crippen LogP contribution in [0.3, 0.4) is 0 Å². The predicted molar refractivity (Wildman–Crippen MR) is 64.3 cm³/mol. The largest absolute Gasteiger partial charge is 0.481 e. The number of amides is 1. The fourth-order valence-corrected chi connectivity index (χ4v) is 1.94. The molecule has 100 valence electrons. The highest BCUT2D eigenvalue weighted by molar-refractivity contribution is 5.84. The minimum Gasteiger partial charge on any atom is -0.481 e. The van der Waals surface area contributed by atoms with Crippen molar-refractivity contribution in [3.8, 4) is 0 Å². The predicted octanol–water partition coefficient (Wildman–Crippen LogP) is 1.33. The second-order valence-electron chi connectivity index (χ2n) is 4.36. The zero-order valence-electron chi connectivity index (χ0n) is 11.1. The number of carbonyl (C=O) groups excluding carboxylic acids is 1. The van der Waals surface area contributed by atoms with E-state index >= 15 is 0 Å². The first-order valence-corrected chi connectivity index (χ1v) is 5.74. The summed E-state index contributed by atoms with van der Waals surface area (Å²) in [6.07, 6.45) is -0.0590. The van der Waals surface area contributed by atoms with E-state index < -0.39 is 5.97 Å². The van der Waals surface area contributed by atoms with Crippen LogP contribution in [-0.2, 0) is 9.59 Å². The molecule has 0 saturated heterocycles. The number of aromatic nitrogens is 1. The van der Waals surface area contributed by atoms with E-state index in [2.05, 4.69) is 5.16 Å². The summed E-state index contributed by atoms with van der Waals surface area (Å²) in [6, 6.07) is 0. The van der Waals surface area contributed by atoms with Gasteiger partial charge in [0.05, 0.1) is 18.0 Å². The molecule has 1 atom stereocenters. The van der Waals surface area contributed by atoms with E-state index in [0.29, 0.717) is 11.5 Å². The summed E-state index contributed by atoms with van der Waals surface area (Å²) in [5, 5.41) is 12.4. The van der Waals surface area contributed by atoms with Gasteiger partial charge in [-0.25, -0.2) is 0 Å². The Bertz CT molecular complexity index is 433. The maximum atomic E-state index is 12.1. The van der Waals surface area contributed by atoms with Gasteiger partial charge in [0.25, 0.3) is 0 Å². The Kier molecular flexibility index (Phi) is 4.47. The van der Waals surface area contributed by atoms with Crippen molar-refractivity contribution in [1.82, 2.24) is 10.1 Å². The number of carboxylic acids is 1. The average molecular weight is 254 g/mol. The summed E-state index contributed by atoms with van der Waals surface area (Å²) in [4.78, 5) is 24.0. The number of aliphatic carboxylic acids is 1. The lowest BCUT2D eigenvalue weighted by molar-refractivity contribution is -0.138. The van der Waals surface area contributed by atoms with Gasteiger partial charge in [-0.15, -0.1) is 0 Å². The van der Waals surface area contributed by atoms with Crippen LogP contribution in [0.25, 0.3) is 0 Å². The monoisotopic (exact) mass is 254 g/mol. The second-order valence-corrected chi connectivity index (χ2v) is 4.36. The van der Waals surface area contributed by atoms with Crippen LogP contribution in [0.2, 0.25) is 0 Å². The van der Waals surface area contributed by atoms with Gasteiger partial charge >= 0.3 is 5.97 Å². The Morgan fingerprint density at radius 3 is 2.50 bits per heavy atom. The molecule has 0 saturated carbocycles. The molecule has 1 aromatic rings. The molecular formula is C12H18N2O4. The lowest BCUT2D eigenvalue weighted by Crippen LogP contribution is -2.32. The summed E-state index contributed by atoms with van der Waals surface area (Å²) in [5.41, 5.74) is 1.47. The van der Waals surface area contributed by atoms with E-state index in [1.54, 1.807) is 27.8 Å². The van der Waals surface area contributed by atoms with E-state index in [9.17, 15) is 9.59 Å². The van der Waals surface area contributed by atoms with Crippen molar-refractivity contribution < 1.29 is 19.2 Å². The molecule has 1 aromatic heterocycles. The minimum atomic E-state index is -0.917. The smallest absolute Gasteiger partial charge is 0.305 e. The fourth-order valence-electron chi connectivity index (χ4n) is 1.94. The van der Waals surface area contributed by atoms with Gasteiger partial charge in [0.2, 0.25) is 5.91 Å². The van der Waals surface area contributed by atoms with Crippen LogP contribution in [0, 0.1) is 13.8 Å². The van der Waals surface area contributed by atoms with Gasteiger partial charge in [-0.1, -0.05) is 5.16 Å². The first-order chi connectivity index (χ1) is 8.34. The molecule has 0 aromatic carbocycles. The van der Waals surface area contributed by atoms with Crippen molar-refractivity contribution >= 4 is 11.9 Å². The molecule has 0 fully saturated rings. The Morgan fingerprint density at radius 2 is 2.06 bits per heavy atom. The highest BCUT2D eigenvalue weighted by Gasteiger charge is 2.25. The van der Waals surface area contributed by atoms with Gasteiger partial charge in [-0.05, 0) is 20.8 Å². The molecule has 1 rings (SSSR count). The van der Waals surface area contributed by atoms with Crippen LogP contribution in [-0.4, -0.2) is 40.6 Å². The third-order valence-electron chi connectivity index (χ3n) is 2.93. The number of rotatable bonds is 5. The molecule has 1 N–H and O–H groups in total. The van der Waals surface area contributed by atoms with Crippen LogP contribution >= 0.6 is 0 Å². The highest BCUT2D eigenvalue weighted by Crippen LogP contribution is 2.24. The molecule has 0 radical (unpaired) electrons. The highest BCUT2D eigenvalue weighted by atomic mass is 16.5. The van der Waals surface area contributed by atoms with Gasteiger partial charge < -0.3 is 14.5 Å². The summed E-state index contributed by atoms with van der Waals surface area (Å²) in [6.45, 7) is 5.51. The van der Waals surface area contributed by atoms with Crippen molar-refractivity contribution in [2.24, 2.45) is 0 Å². The summed E-state index contributed by atoms with van der Waals surface area (Å²) < 4.78 is 5.03. The molecule has 0 aliphatic carbocycles. The van der Waals surface area contributed by atoms with E-state index in [-0.39, 0.29) is 24.8 Å². The number of hydrogen-bond acceptors (Lipinski definition) is 4. The van der Waals surface area contributed by atoms with Gasteiger partial charge in [-0.3, -0.25) is 9.59 Å². The Balaban J connectivity index is 2.75. The third kappa shape index (κ3) is 3.09. The standard InChI is InChI=1S/C12H18N2O4/c1-7(11-8(2)13-18-9(11)3)12(17)14(4)6-5-10(15)16/h7H,5-6H2,1-4H3,(H,15,16)/t7-/m1/s1. The van der Waals surface area contributed by atoms with Gasteiger partial charge in [-0.2, -0.15) is 0 Å². The molecule has 6 nitrogen and oxygen atoms in total. The molecule has 1 amide bonds. The van der Waals surface area contributed by atoms with Gasteiger partial charge in [0.1, 0.15) is 5.76 Å². The van der Waals surface area contributed by atoms with Crippen molar-refractivity contribution in [2.75, 3.05) is 13.6 Å². The first-order valence-electron chi connectivity index (χ1n) is 5.74. The van der Waals surface area contributed by atoms with E-state index in [4.69, 9.17) is 9.63 Å². The zero-order valence-corrected chi connectivity index (χ0v) is 11.1. The van der Waals surface area contributed by atoms with Crippen molar-refractivity contribution in [3.05, 3.63) is 17.0 Å². The molecule has 0 bridgehead atoms. The number of carbonyl (C=O) groups is 2. The zero-order chi connectivity index (χ0) is 13.9. The lowest BCUT2D eigenvalue weighted by Gasteiger charge is -2.20. The molecule has 0 spiro atoms. The van der Waals surface area contributed by atoms with Gasteiger partial charge in [0.15, 0.2) is 0 Å². The molecule has 18 heavy (non-hydrogen) atoms. The van der Waals surface area contributed by atoms with Crippen molar-refractivity contribution in [3.63, 3.8) is 0 Å². The summed E-state index contributed by atoms with van der Waals surface area (Å²) in [5.74, 6) is -0.805. The van der Waals surface area contributed by atoms with Crippen LogP contribution < -0.4 is 0 Å². The Labute approximate surface area is 106 Å². The van der Waals surface area contributed by atoms with Crippen LogP contribution in [0.1, 0.15) is 36.3 Å². The molecule has 6 heteroatoms. The quantitative estimate of drug-likeness (QED) is 0.856. The molecule has 1 heterocycles. The van der Waals surface area contributed by atoms with Crippen molar-refractivity contribution in [2.45, 2.75) is 33.1 Å². The van der Waals surface area contributed by atoms with E-state index in [1.165, 1.54) is 4.90 Å². The third-order valence-corrected chi connectivity index (χ3v) is 2.93. The van der Waals surface area contributed by atoms with Gasteiger partial charge in [0, 0.05) is 19.2 Å². The van der Waals surface area contributed by atoms with Crippen LogP contribution in [0.4, 0.5) is 0 Å². The number of aryl methyl sites for hydroxylation is 2. The van der Waals surface area contributed by atoms with Crippen LogP contribution in [0.15, 0.2) is 4.52 Å². The van der Waals surface area contributed by atoms with E-state index in [0.717, 1.165) is 5.56 Å². The second kappa shape index (κ2) is 5.66. The fraction of sp³-hybridized carbons (Fsp3) is 0.583. The lowest BCUT2D eigenvalue weighted by atomic mass is 9.98. The number of likely N-dealkylation sites (N-methyl/N-ethyl adjacent to an activating group) is 1. The molecule has 0 aliphatic heterocycles.